The second-order valence-corrected chi connectivity index (χ2v) is 10.2. The summed E-state index contributed by atoms with van der Waals surface area (Å²) in [5.74, 6) is -0.968. The van der Waals surface area contributed by atoms with Gasteiger partial charge in [-0.05, 0) is 37.3 Å². The molecule has 0 atom stereocenters. The number of hydrogen-bond donors (Lipinski definition) is 0. The highest BCUT2D eigenvalue weighted by Crippen LogP contribution is 2.28. The lowest BCUT2D eigenvalue weighted by molar-refractivity contribution is 0.116. The van der Waals surface area contributed by atoms with E-state index < -0.39 is 28.9 Å². The molecule has 0 unspecified atom stereocenters. The summed E-state index contributed by atoms with van der Waals surface area (Å²) in [5.41, 5.74) is 1.74. The number of aryl methyl sites for hydroxylation is 1. The number of amides is 2. The molecule has 13 heteroatoms. The Hall–Kier alpha value is -3.74. The van der Waals surface area contributed by atoms with E-state index in [1.807, 2.05) is 19.1 Å². The third-order valence-electron chi connectivity index (χ3n) is 6.17. The van der Waals surface area contributed by atoms with Crippen LogP contribution in [0.2, 0.25) is 0 Å². The predicted molar refractivity (Wildman–Crippen MR) is 131 cm³/mol. The smallest absolute Gasteiger partial charge is 0.324 e. The molecule has 9 nitrogen and oxygen atoms in total. The van der Waals surface area contributed by atoms with E-state index in [1.54, 1.807) is 21.8 Å². The first-order valence-electron chi connectivity index (χ1n) is 11.6. The highest BCUT2D eigenvalue weighted by Gasteiger charge is 2.27. The van der Waals surface area contributed by atoms with Crippen LogP contribution in [0.4, 0.5) is 23.7 Å². The molecule has 1 aliphatic rings. The zero-order valence-electron chi connectivity index (χ0n) is 19.8. The fourth-order valence-electron chi connectivity index (χ4n) is 4.17. The number of fused-ring (bicyclic) bond motifs is 1. The molecule has 1 aliphatic heterocycles. The van der Waals surface area contributed by atoms with Crippen molar-refractivity contribution in [3.8, 4) is 11.5 Å². The van der Waals surface area contributed by atoms with Gasteiger partial charge in [0.15, 0.2) is 0 Å². The molecule has 0 spiro atoms. The molecule has 3 heterocycles. The maximum atomic E-state index is 15.2. The van der Waals surface area contributed by atoms with Crippen molar-refractivity contribution in [2.24, 2.45) is 0 Å². The lowest BCUT2D eigenvalue weighted by Gasteiger charge is -2.33. The first kappa shape index (κ1) is 24.9. The van der Waals surface area contributed by atoms with Crippen LogP contribution in [-0.4, -0.2) is 59.7 Å². The van der Waals surface area contributed by atoms with Crippen molar-refractivity contribution in [1.29, 1.82) is 0 Å². The minimum absolute atomic E-state index is 0.0948. The van der Waals surface area contributed by atoms with Gasteiger partial charge in [0, 0.05) is 64.1 Å². The van der Waals surface area contributed by atoms with Gasteiger partial charge in [0.05, 0.1) is 18.3 Å². The highest BCUT2D eigenvalue weighted by molar-refractivity contribution is 7.85. The van der Waals surface area contributed by atoms with E-state index in [0.717, 1.165) is 17.0 Å². The lowest BCUT2D eigenvalue weighted by atomic mass is 10.1. The number of halogens is 3. The highest BCUT2D eigenvalue weighted by atomic mass is 32.2. The van der Waals surface area contributed by atoms with Crippen molar-refractivity contribution < 1.29 is 26.6 Å². The van der Waals surface area contributed by atoms with Crippen LogP contribution in [0, 0.1) is 5.82 Å². The number of carbonyl (C=O) groups is 1. The average molecular weight is 533 g/mol. The first-order chi connectivity index (χ1) is 17.8. The SMILES string of the molecule is CCn1ncc2ccc(N(Cc3ccc(-c4nnc(C(F)F)o4)cc3F)C(=O)N3CCS(=O)CC3)cc21. The van der Waals surface area contributed by atoms with E-state index in [-0.39, 0.29) is 29.6 Å². The van der Waals surface area contributed by atoms with Crippen LogP contribution in [0.5, 0.6) is 0 Å². The number of anilines is 1. The predicted octanol–water partition coefficient (Wildman–Crippen LogP) is 4.37. The lowest BCUT2D eigenvalue weighted by Crippen LogP contribution is -2.48. The molecule has 2 amide bonds. The van der Waals surface area contributed by atoms with Crippen LogP contribution < -0.4 is 4.90 Å². The molecule has 1 saturated heterocycles. The van der Waals surface area contributed by atoms with E-state index in [4.69, 9.17) is 4.42 Å². The number of alkyl halides is 2. The van der Waals surface area contributed by atoms with Gasteiger partial charge in [0.2, 0.25) is 5.89 Å². The van der Waals surface area contributed by atoms with Crippen molar-refractivity contribution in [3.63, 3.8) is 0 Å². The van der Waals surface area contributed by atoms with E-state index in [9.17, 15) is 17.8 Å². The number of urea groups is 1. The molecular weight excluding hydrogens is 509 g/mol. The maximum absolute atomic E-state index is 15.2. The van der Waals surface area contributed by atoms with Crippen LogP contribution in [0.15, 0.2) is 47.0 Å². The van der Waals surface area contributed by atoms with Crippen LogP contribution in [-0.2, 0) is 23.9 Å². The first-order valence-corrected chi connectivity index (χ1v) is 13.1. The van der Waals surface area contributed by atoms with Crippen LogP contribution >= 0.6 is 0 Å². The fraction of sp³-hybridized carbons (Fsp3) is 0.333. The standard InChI is InChI=1S/C24H23F3N6O3S/c1-2-33-20-12-18(6-5-16(20)13-28-33)32(24(34)31-7-9-37(35)10-8-31)14-17-4-3-15(11-19(17)25)22-29-30-23(36-22)21(26)27/h3-6,11-13,21H,2,7-10,14H2,1H3. The van der Waals surface area contributed by atoms with Gasteiger partial charge < -0.3 is 9.32 Å². The van der Waals surface area contributed by atoms with Gasteiger partial charge in [0.25, 0.3) is 5.89 Å². The summed E-state index contributed by atoms with van der Waals surface area (Å²) in [6.07, 6.45) is -1.19. The molecule has 2 aromatic heterocycles. The van der Waals surface area contributed by atoms with Gasteiger partial charge in [-0.1, -0.05) is 6.07 Å². The average Bonchev–Trinajstić information content (AvgIpc) is 3.55. The largest absolute Gasteiger partial charge is 0.415 e. The summed E-state index contributed by atoms with van der Waals surface area (Å²) in [7, 11) is -0.967. The number of carbonyl (C=O) groups excluding carboxylic acids is 1. The normalized spacial score (nSPS) is 14.6. The minimum Gasteiger partial charge on any atom is -0.415 e. The molecule has 0 saturated carbocycles. The Balaban J connectivity index is 1.48. The Morgan fingerprint density at radius 1 is 1.16 bits per heavy atom. The Morgan fingerprint density at radius 3 is 2.62 bits per heavy atom. The Kier molecular flexibility index (Phi) is 6.96. The number of hydrogen-bond acceptors (Lipinski definition) is 6. The summed E-state index contributed by atoms with van der Waals surface area (Å²) >= 11 is 0. The molecule has 0 N–H and O–H groups in total. The zero-order valence-corrected chi connectivity index (χ0v) is 20.6. The number of aromatic nitrogens is 4. The van der Waals surface area contributed by atoms with E-state index >= 15 is 4.39 Å². The molecule has 5 rings (SSSR count). The van der Waals surface area contributed by atoms with E-state index in [2.05, 4.69) is 15.3 Å². The molecule has 0 bridgehead atoms. The summed E-state index contributed by atoms with van der Waals surface area (Å²) in [6, 6.07) is 9.18. The fourth-order valence-corrected chi connectivity index (χ4v) is 5.22. The summed E-state index contributed by atoms with van der Waals surface area (Å²) in [6.45, 7) is 3.17. The summed E-state index contributed by atoms with van der Waals surface area (Å²) in [5, 5.41) is 12.1. The van der Waals surface area contributed by atoms with E-state index in [0.29, 0.717) is 36.8 Å². The van der Waals surface area contributed by atoms with E-state index in [1.165, 1.54) is 17.0 Å². The molecule has 37 heavy (non-hydrogen) atoms. The topological polar surface area (TPSA) is 97.4 Å². The third-order valence-corrected chi connectivity index (χ3v) is 7.45. The van der Waals surface area contributed by atoms with Gasteiger partial charge in [-0.15, -0.1) is 10.2 Å². The quantitative estimate of drug-likeness (QED) is 0.366. The van der Waals surface area contributed by atoms with Crippen molar-refractivity contribution in [3.05, 3.63) is 59.9 Å². The monoisotopic (exact) mass is 532 g/mol. The van der Waals surface area contributed by atoms with Crippen molar-refractivity contribution in [2.45, 2.75) is 26.4 Å². The van der Waals surface area contributed by atoms with Crippen molar-refractivity contribution in [2.75, 3.05) is 29.5 Å². The Morgan fingerprint density at radius 2 is 1.95 bits per heavy atom. The molecule has 4 aromatic rings. The van der Waals surface area contributed by atoms with Gasteiger partial charge in [-0.3, -0.25) is 13.8 Å². The van der Waals surface area contributed by atoms with Gasteiger partial charge in [-0.2, -0.15) is 13.9 Å². The Labute approximate surface area is 212 Å². The molecular formula is C24H23F3N6O3S. The van der Waals surface area contributed by atoms with Crippen LogP contribution in [0.25, 0.3) is 22.4 Å². The number of nitrogens with zero attached hydrogens (tertiary/aromatic N) is 6. The zero-order chi connectivity index (χ0) is 26.1. The van der Waals surface area contributed by atoms with Crippen LogP contribution in [0.3, 0.4) is 0 Å². The molecule has 2 aromatic carbocycles. The van der Waals surface area contributed by atoms with Crippen molar-refractivity contribution in [1.82, 2.24) is 24.9 Å². The van der Waals surface area contributed by atoms with Gasteiger partial charge in [0.1, 0.15) is 5.82 Å². The minimum atomic E-state index is -2.93. The third kappa shape index (κ3) is 5.08. The molecule has 1 fully saturated rings. The molecule has 194 valence electrons. The summed E-state index contributed by atoms with van der Waals surface area (Å²) in [4.78, 5) is 16.7. The number of rotatable bonds is 6. The van der Waals surface area contributed by atoms with Crippen LogP contribution in [0.1, 0.15) is 24.8 Å². The Bertz CT molecular complexity index is 1460. The van der Waals surface area contributed by atoms with Crippen molar-refractivity contribution >= 4 is 33.4 Å². The molecule has 0 aliphatic carbocycles. The maximum Gasteiger partial charge on any atom is 0.324 e. The second-order valence-electron chi connectivity index (χ2n) is 8.46. The second kappa shape index (κ2) is 10.3. The number of benzene rings is 2. The van der Waals surface area contributed by atoms with Gasteiger partial charge >= 0.3 is 12.5 Å². The molecule has 0 radical (unpaired) electrons. The summed E-state index contributed by atoms with van der Waals surface area (Å²) < 4.78 is 59.3. The van der Waals surface area contributed by atoms with Gasteiger partial charge in [-0.25, -0.2) is 9.18 Å².